The number of rotatable bonds is 5. The first-order chi connectivity index (χ1) is 12.9. The summed E-state index contributed by atoms with van der Waals surface area (Å²) < 4.78 is 27.4. The normalized spacial score (nSPS) is 15.1. The van der Waals surface area contributed by atoms with E-state index in [4.69, 9.17) is 11.6 Å². The lowest BCUT2D eigenvalue weighted by atomic mass is 10.1. The molecule has 7 heteroatoms. The van der Waals surface area contributed by atoms with E-state index in [0.29, 0.717) is 29.2 Å². The molecule has 2 aromatic carbocycles. The van der Waals surface area contributed by atoms with Crippen LogP contribution in [-0.4, -0.2) is 32.3 Å². The zero-order valence-electron chi connectivity index (χ0n) is 14.8. The van der Waals surface area contributed by atoms with Crippen LogP contribution < -0.4 is 4.72 Å². The molecule has 0 saturated carbocycles. The number of sulfonamides is 1. The molecule has 0 radical (unpaired) electrons. The van der Waals surface area contributed by atoms with E-state index in [-0.39, 0.29) is 11.6 Å². The number of hydrogen-bond acceptors (Lipinski definition) is 3. The summed E-state index contributed by atoms with van der Waals surface area (Å²) >= 11 is 5.83. The fourth-order valence-corrected chi connectivity index (χ4v) is 3.97. The molecule has 3 rings (SSSR count). The van der Waals surface area contributed by atoms with Gasteiger partial charge in [0.15, 0.2) is 0 Å². The molecular formula is C20H21ClN2O3S. The van der Waals surface area contributed by atoms with Crippen LogP contribution in [-0.2, 0) is 10.0 Å². The van der Waals surface area contributed by atoms with Gasteiger partial charge in [-0.25, -0.2) is 8.42 Å². The predicted octanol–water partition coefficient (Wildman–Crippen LogP) is 4.38. The lowest BCUT2D eigenvalue weighted by molar-refractivity contribution is 0.0725. The summed E-state index contributed by atoms with van der Waals surface area (Å²) in [5, 5.41) is 1.66. The lowest BCUT2D eigenvalue weighted by Crippen LogP contribution is -2.36. The van der Waals surface area contributed by atoms with Gasteiger partial charge in [0, 0.05) is 18.1 Å². The van der Waals surface area contributed by atoms with E-state index in [9.17, 15) is 13.2 Å². The molecule has 1 saturated heterocycles. The molecule has 5 nitrogen and oxygen atoms in total. The number of nitrogens with zero attached hydrogens (tertiary/aromatic N) is 1. The van der Waals surface area contributed by atoms with Crippen LogP contribution in [0.25, 0.3) is 6.08 Å². The molecule has 1 amide bonds. The third-order valence-corrected chi connectivity index (χ3v) is 5.61. The van der Waals surface area contributed by atoms with Gasteiger partial charge in [0.2, 0.25) is 0 Å². The van der Waals surface area contributed by atoms with Crippen molar-refractivity contribution in [3.8, 4) is 0 Å². The fraction of sp³-hybridized carbons (Fsp3) is 0.250. The average Bonchev–Trinajstić information content (AvgIpc) is 2.68. The maximum Gasteiger partial charge on any atom is 0.255 e. The number of nitrogens with one attached hydrogen (secondary N) is 1. The van der Waals surface area contributed by atoms with Crippen molar-refractivity contribution in [1.82, 2.24) is 4.90 Å². The molecule has 0 atom stereocenters. The highest BCUT2D eigenvalue weighted by Gasteiger charge is 2.21. The molecule has 1 fully saturated rings. The lowest BCUT2D eigenvalue weighted by Gasteiger charge is -2.27. The van der Waals surface area contributed by atoms with E-state index in [1.807, 2.05) is 0 Å². The maximum atomic E-state index is 12.8. The van der Waals surface area contributed by atoms with Gasteiger partial charge in [-0.3, -0.25) is 9.52 Å². The summed E-state index contributed by atoms with van der Waals surface area (Å²) in [7, 11) is -3.76. The molecule has 1 N–H and O–H groups in total. The van der Waals surface area contributed by atoms with Crippen molar-refractivity contribution in [2.45, 2.75) is 19.3 Å². The molecule has 0 unspecified atom stereocenters. The summed E-state index contributed by atoms with van der Waals surface area (Å²) in [6, 6.07) is 13.5. The second kappa shape index (κ2) is 8.59. The van der Waals surface area contributed by atoms with Gasteiger partial charge in [-0.05, 0) is 55.2 Å². The van der Waals surface area contributed by atoms with E-state index in [0.717, 1.165) is 24.7 Å². The van der Waals surface area contributed by atoms with Gasteiger partial charge in [-0.2, -0.15) is 0 Å². The minimum atomic E-state index is -3.76. The molecule has 27 heavy (non-hydrogen) atoms. The molecule has 0 aromatic heterocycles. The average molecular weight is 405 g/mol. The Balaban J connectivity index is 1.78. The van der Waals surface area contributed by atoms with Crippen molar-refractivity contribution < 1.29 is 13.2 Å². The Labute approximate surface area is 164 Å². The van der Waals surface area contributed by atoms with Gasteiger partial charge in [0.25, 0.3) is 15.9 Å². The monoisotopic (exact) mass is 404 g/mol. The van der Waals surface area contributed by atoms with E-state index < -0.39 is 10.0 Å². The van der Waals surface area contributed by atoms with Crippen LogP contribution >= 0.6 is 11.6 Å². The van der Waals surface area contributed by atoms with Gasteiger partial charge in [-0.1, -0.05) is 35.9 Å². The van der Waals surface area contributed by atoms with Crippen molar-refractivity contribution in [1.29, 1.82) is 0 Å². The molecule has 0 spiro atoms. The number of amides is 1. The number of piperidine rings is 1. The second-order valence-electron chi connectivity index (χ2n) is 6.40. The largest absolute Gasteiger partial charge is 0.339 e. The Morgan fingerprint density at radius 3 is 2.37 bits per heavy atom. The van der Waals surface area contributed by atoms with Crippen LogP contribution in [0.2, 0.25) is 5.02 Å². The number of hydrogen-bond donors (Lipinski definition) is 1. The number of carbonyl (C=O) groups excluding carboxylic acids is 1. The number of benzene rings is 2. The predicted molar refractivity (Wildman–Crippen MR) is 109 cm³/mol. The number of para-hydroxylation sites is 1. The highest BCUT2D eigenvalue weighted by molar-refractivity contribution is 7.95. The standard InChI is InChI=1S/C20H21ClN2O3S/c21-17-10-8-16(9-11-17)12-15-27(25,26)22-19-7-3-2-6-18(19)20(24)23-13-4-1-5-14-23/h2-3,6-12,15,22H,1,4-5,13-14H2/b15-12+. The Morgan fingerprint density at radius 2 is 1.67 bits per heavy atom. The molecule has 2 aromatic rings. The minimum absolute atomic E-state index is 0.144. The van der Waals surface area contributed by atoms with Crippen molar-refractivity contribution in [3.05, 3.63) is 70.1 Å². The van der Waals surface area contributed by atoms with E-state index >= 15 is 0 Å². The number of likely N-dealkylation sites (tertiary alicyclic amines) is 1. The van der Waals surface area contributed by atoms with Crippen molar-refractivity contribution in [2.24, 2.45) is 0 Å². The van der Waals surface area contributed by atoms with Crippen molar-refractivity contribution in [2.75, 3.05) is 17.8 Å². The summed E-state index contributed by atoms with van der Waals surface area (Å²) in [6.07, 6.45) is 4.55. The zero-order valence-corrected chi connectivity index (χ0v) is 16.3. The highest BCUT2D eigenvalue weighted by atomic mass is 35.5. The molecule has 0 bridgehead atoms. The number of halogens is 1. The second-order valence-corrected chi connectivity index (χ2v) is 8.40. The van der Waals surface area contributed by atoms with Crippen LogP contribution in [0.5, 0.6) is 0 Å². The summed E-state index contributed by atoms with van der Waals surface area (Å²) in [5.41, 5.74) is 1.36. The molecule has 1 aliphatic rings. The first-order valence-corrected chi connectivity index (χ1v) is 10.7. The Morgan fingerprint density at radius 1 is 1.00 bits per heavy atom. The highest BCUT2D eigenvalue weighted by Crippen LogP contribution is 2.21. The quantitative estimate of drug-likeness (QED) is 0.804. The van der Waals surface area contributed by atoms with Gasteiger partial charge >= 0.3 is 0 Å². The summed E-state index contributed by atoms with van der Waals surface area (Å²) in [4.78, 5) is 14.6. The Kier molecular flexibility index (Phi) is 6.19. The first kappa shape index (κ1) is 19.5. The number of carbonyl (C=O) groups is 1. The van der Waals surface area contributed by atoms with E-state index in [2.05, 4.69) is 4.72 Å². The van der Waals surface area contributed by atoms with Crippen LogP contribution in [0.1, 0.15) is 35.2 Å². The first-order valence-electron chi connectivity index (χ1n) is 8.79. The van der Waals surface area contributed by atoms with Gasteiger partial charge in [0.05, 0.1) is 16.7 Å². The van der Waals surface area contributed by atoms with Crippen LogP contribution in [0.4, 0.5) is 5.69 Å². The van der Waals surface area contributed by atoms with Crippen LogP contribution in [0.15, 0.2) is 53.9 Å². The van der Waals surface area contributed by atoms with Crippen LogP contribution in [0, 0.1) is 0 Å². The van der Waals surface area contributed by atoms with E-state index in [1.54, 1.807) is 53.4 Å². The van der Waals surface area contributed by atoms with Gasteiger partial charge in [0.1, 0.15) is 0 Å². The molecule has 142 valence electrons. The van der Waals surface area contributed by atoms with Crippen molar-refractivity contribution >= 4 is 39.3 Å². The van der Waals surface area contributed by atoms with Crippen molar-refractivity contribution in [3.63, 3.8) is 0 Å². The third-order valence-electron chi connectivity index (χ3n) is 4.36. The molecular weight excluding hydrogens is 384 g/mol. The summed E-state index contributed by atoms with van der Waals surface area (Å²) in [6.45, 7) is 1.41. The third kappa shape index (κ3) is 5.34. The Bertz CT molecular complexity index is 934. The van der Waals surface area contributed by atoms with Crippen LogP contribution in [0.3, 0.4) is 0 Å². The van der Waals surface area contributed by atoms with Gasteiger partial charge in [-0.15, -0.1) is 0 Å². The molecule has 0 aliphatic carbocycles. The SMILES string of the molecule is O=C(c1ccccc1NS(=O)(=O)/C=C/c1ccc(Cl)cc1)N1CCCCC1. The fourth-order valence-electron chi connectivity index (χ4n) is 2.96. The zero-order chi connectivity index (χ0) is 19.3. The smallest absolute Gasteiger partial charge is 0.255 e. The molecule has 1 heterocycles. The Hall–Kier alpha value is -2.31. The topological polar surface area (TPSA) is 66.5 Å². The number of anilines is 1. The minimum Gasteiger partial charge on any atom is -0.339 e. The summed E-state index contributed by atoms with van der Waals surface area (Å²) in [5.74, 6) is -0.144. The maximum absolute atomic E-state index is 12.8. The van der Waals surface area contributed by atoms with Gasteiger partial charge < -0.3 is 4.90 Å². The van der Waals surface area contributed by atoms with E-state index in [1.165, 1.54) is 6.08 Å². The molecule has 1 aliphatic heterocycles.